The summed E-state index contributed by atoms with van der Waals surface area (Å²) in [6.45, 7) is 0. The molecule has 1 atom stereocenters. The Bertz CT molecular complexity index is 950. The number of benzene rings is 2. The summed E-state index contributed by atoms with van der Waals surface area (Å²) in [6.07, 6.45) is 0.751. The molecular weight excluding hydrogens is 376 g/mol. The number of rotatable bonds is 6. The molecule has 0 amide bonds. The van der Waals surface area contributed by atoms with Gasteiger partial charge < -0.3 is 23.7 Å². The summed E-state index contributed by atoms with van der Waals surface area (Å²) in [5.74, 6) is 0.933. The average molecular weight is 400 g/mol. The highest BCUT2D eigenvalue weighted by Gasteiger charge is 2.52. The summed E-state index contributed by atoms with van der Waals surface area (Å²) in [6, 6.07) is 8.42. The first-order valence-corrected chi connectivity index (χ1v) is 9.07. The predicted octanol–water partition coefficient (Wildman–Crippen LogP) is 2.96. The van der Waals surface area contributed by atoms with Gasteiger partial charge in [-0.05, 0) is 48.2 Å². The van der Waals surface area contributed by atoms with Crippen LogP contribution in [-0.2, 0) is 21.4 Å². The zero-order chi connectivity index (χ0) is 21.2. The highest BCUT2D eigenvalue weighted by molar-refractivity contribution is 6.19. The summed E-state index contributed by atoms with van der Waals surface area (Å²) >= 11 is 0. The third-order valence-electron chi connectivity index (χ3n) is 5.42. The maximum atomic E-state index is 13.7. The number of methoxy groups -OCH3 is 5. The molecule has 3 rings (SSSR count). The van der Waals surface area contributed by atoms with Crippen LogP contribution in [0.5, 0.6) is 23.0 Å². The molecule has 29 heavy (non-hydrogen) atoms. The van der Waals surface area contributed by atoms with Gasteiger partial charge in [-0.15, -0.1) is 0 Å². The van der Waals surface area contributed by atoms with Crippen molar-refractivity contribution < 1.29 is 33.3 Å². The lowest BCUT2D eigenvalue weighted by Gasteiger charge is -2.35. The minimum atomic E-state index is -1.49. The topological polar surface area (TPSA) is 80.3 Å². The van der Waals surface area contributed by atoms with Gasteiger partial charge in [0.2, 0.25) is 0 Å². The Morgan fingerprint density at radius 2 is 1.41 bits per heavy atom. The number of carbonyl (C=O) groups is 2. The molecule has 0 radical (unpaired) electrons. The Morgan fingerprint density at radius 3 is 2.00 bits per heavy atom. The number of fused-ring (bicyclic) bond motifs is 1. The molecule has 2 aromatic rings. The number of hydrogen-bond donors (Lipinski definition) is 0. The van der Waals surface area contributed by atoms with Crippen molar-refractivity contribution in [3.8, 4) is 23.0 Å². The highest BCUT2D eigenvalue weighted by Crippen LogP contribution is 2.44. The highest BCUT2D eigenvalue weighted by atomic mass is 16.5. The number of hydrogen-bond acceptors (Lipinski definition) is 7. The standard InChI is InChI=1S/C22H24O7/c1-25-16-7-6-14(11-18(16)27-3)22(21(24)29-5)9-8-13-10-17(26-2)19(28-4)12-15(13)20(22)23/h6-7,10-12H,8-9H2,1-5H3. The first-order chi connectivity index (χ1) is 14.0. The Kier molecular flexibility index (Phi) is 5.68. The molecule has 0 saturated heterocycles. The van der Waals surface area contributed by atoms with Gasteiger partial charge in [-0.3, -0.25) is 9.59 Å². The molecule has 0 aromatic heterocycles. The molecule has 2 aromatic carbocycles. The number of ether oxygens (including phenoxy) is 5. The third-order valence-corrected chi connectivity index (χ3v) is 5.42. The normalized spacial score (nSPS) is 17.9. The molecule has 0 heterocycles. The van der Waals surface area contributed by atoms with Crippen LogP contribution in [0, 0.1) is 0 Å². The Morgan fingerprint density at radius 1 is 0.828 bits per heavy atom. The second-order valence-corrected chi connectivity index (χ2v) is 6.66. The van der Waals surface area contributed by atoms with Gasteiger partial charge in [0, 0.05) is 5.56 Å². The average Bonchev–Trinajstić information content (AvgIpc) is 2.77. The molecular formula is C22H24O7. The fourth-order valence-electron chi connectivity index (χ4n) is 3.87. The molecule has 7 nitrogen and oxygen atoms in total. The van der Waals surface area contributed by atoms with E-state index in [0.29, 0.717) is 40.5 Å². The van der Waals surface area contributed by atoms with E-state index < -0.39 is 11.4 Å². The molecule has 1 aliphatic carbocycles. The fraction of sp³-hybridized carbons (Fsp3) is 0.364. The van der Waals surface area contributed by atoms with Crippen molar-refractivity contribution in [1.29, 1.82) is 0 Å². The van der Waals surface area contributed by atoms with E-state index in [1.165, 1.54) is 35.5 Å². The zero-order valence-corrected chi connectivity index (χ0v) is 17.2. The minimum Gasteiger partial charge on any atom is -0.493 e. The lowest BCUT2D eigenvalue weighted by atomic mass is 9.66. The number of Topliss-reactive ketones (excluding diaryl/α,β-unsaturated/α-hetero) is 1. The van der Waals surface area contributed by atoms with E-state index in [4.69, 9.17) is 23.7 Å². The fourth-order valence-corrected chi connectivity index (χ4v) is 3.87. The quantitative estimate of drug-likeness (QED) is 0.545. The molecule has 0 bridgehead atoms. The van der Waals surface area contributed by atoms with E-state index in [1.807, 2.05) is 0 Å². The van der Waals surface area contributed by atoms with Crippen LogP contribution >= 0.6 is 0 Å². The van der Waals surface area contributed by atoms with E-state index in [2.05, 4.69) is 0 Å². The number of esters is 1. The van der Waals surface area contributed by atoms with E-state index in [-0.39, 0.29) is 12.2 Å². The van der Waals surface area contributed by atoms with E-state index >= 15 is 0 Å². The molecule has 0 aliphatic heterocycles. The van der Waals surface area contributed by atoms with E-state index in [1.54, 1.807) is 30.3 Å². The summed E-state index contributed by atoms with van der Waals surface area (Å²) < 4.78 is 26.4. The van der Waals surface area contributed by atoms with Crippen LogP contribution in [0.4, 0.5) is 0 Å². The van der Waals surface area contributed by atoms with Crippen molar-refractivity contribution in [2.24, 2.45) is 0 Å². The summed E-state index contributed by atoms with van der Waals surface area (Å²) in [7, 11) is 7.34. The minimum absolute atomic E-state index is 0.260. The van der Waals surface area contributed by atoms with Gasteiger partial charge in [0.25, 0.3) is 0 Å². The van der Waals surface area contributed by atoms with Crippen LogP contribution in [0.25, 0.3) is 0 Å². The molecule has 1 aliphatic rings. The van der Waals surface area contributed by atoms with Crippen molar-refractivity contribution in [2.75, 3.05) is 35.5 Å². The maximum Gasteiger partial charge on any atom is 0.324 e. The van der Waals surface area contributed by atoms with Gasteiger partial charge in [0.15, 0.2) is 34.2 Å². The van der Waals surface area contributed by atoms with Crippen LogP contribution in [0.1, 0.15) is 27.9 Å². The largest absolute Gasteiger partial charge is 0.493 e. The molecule has 0 saturated carbocycles. The predicted molar refractivity (Wildman–Crippen MR) is 105 cm³/mol. The van der Waals surface area contributed by atoms with Gasteiger partial charge in [-0.2, -0.15) is 0 Å². The zero-order valence-electron chi connectivity index (χ0n) is 17.2. The smallest absolute Gasteiger partial charge is 0.324 e. The van der Waals surface area contributed by atoms with Crippen molar-refractivity contribution in [2.45, 2.75) is 18.3 Å². The van der Waals surface area contributed by atoms with E-state index in [9.17, 15) is 9.59 Å². The summed E-state index contributed by atoms with van der Waals surface area (Å²) in [5, 5.41) is 0. The Balaban J connectivity index is 2.21. The monoisotopic (exact) mass is 400 g/mol. The van der Waals surface area contributed by atoms with Crippen molar-refractivity contribution in [3.05, 3.63) is 47.0 Å². The van der Waals surface area contributed by atoms with Crippen LogP contribution < -0.4 is 18.9 Å². The van der Waals surface area contributed by atoms with Crippen molar-refractivity contribution in [3.63, 3.8) is 0 Å². The first kappa shape index (κ1) is 20.5. The van der Waals surface area contributed by atoms with E-state index in [0.717, 1.165) is 5.56 Å². The van der Waals surface area contributed by atoms with Gasteiger partial charge in [0.05, 0.1) is 35.5 Å². The summed E-state index contributed by atoms with van der Waals surface area (Å²) in [5.41, 5.74) is 0.218. The number of aryl methyl sites for hydroxylation is 1. The molecule has 154 valence electrons. The van der Waals surface area contributed by atoms with Crippen molar-refractivity contribution >= 4 is 11.8 Å². The van der Waals surface area contributed by atoms with Gasteiger partial charge in [-0.25, -0.2) is 0 Å². The molecule has 0 spiro atoms. The Hall–Kier alpha value is -3.22. The number of ketones is 1. The van der Waals surface area contributed by atoms with Crippen LogP contribution in [0.15, 0.2) is 30.3 Å². The van der Waals surface area contributed by atoms with Gasteiger partial charge in [-0.1, -0.05) is 6.07 Å². The third kappa shape index (κ3) is 3.16. The first-order valence-electron chi connectivity index (χ1n) is 9.07. The van der Waals surface area contributed by atoms with Gasteiger partial charge in [0.1, 0.15) is 0 Å². The maximum absolute atomic E-state index is 13.7. The molecule has 0 N–H and O–H groups in total. The SMILES string of the molecule is COC(=O)C1(c2ccc(OC)c(OC)c2)CCc2cc(OC)c(OC)cc2C1=O. The summed E-state index contributed by atoms with van der Waals surface area (Å²) in [4.78, 5) is 26.7. The Labute approximate surface area is 169 Å². The lowest BCUT2D eigenvalue weighted by Crippen LogP contribution is -2.47. The van der Waals surface area contributed by atoms with Gasteiger partial charge >= 0.3 is 5.97 Å². The van der Waals surface area contributed by atoms with Crippen LogP contribution in [-0.4, -0.2) is 47.3 Å². The lowest BCUT2D eigenvalue weighted by molar-refractivity contribution is -0.145. The molecule has 0 fully saturated rings. The number of carbonyl (C=O) groups excluding carboxylic acids is 2. The molecule has 7 heteroatoms. The van der Waals surface area contributed by atoms with Crippen molar-refractivity contribution in [1.82, 2.24) is 0 Å². The van der Waals surface area contributed by atoms with Crippen LogP contribution in [0.3, 0.4) is 0 Å². The second kappa shape index (κ2) is 8.03. The van der Waals surface area contributed by atoms with Crippen LogP contribution in [0.2, 0.25) is 0 Å². The second-order valence-electron chi connectivity index (χ2n) is 6.66. The molecule has 1 unspecified atom stereocenters.